The number of ether oxygens (including phenoxy) is 1. The lowest BCUT2D eigenvalue weighted by Crippen LogP contribution is -1.94. The van der Waals surface area contributed by atoms with E-state index in [-0.39, 0.29) is 0 Å². The van der Waals surface area contributed by atoms with Crippen molar-refractivity contribution in [3.63, 3.8) is 0 Å². The summed E-state index contributed by atoms with van der Waals surface area (Å²) in [6, 6.07) is 9.50. The Morgan fingerprint density at radius 2 is 2.07 bits per heavy atom. The first-order chi connectivity index (χ1) is 7.24. The van der Waals surface area contributed by atoms with Crippen molar-refractivity contribution in [2.45, 2.75) is 6.61 Å². The first-order valence-electron chi connectivity index (χ1n) is 4.33. The lowest BCUT2D eigenvalue weighted by atomic mass is 10.3. The number of rotatable bonds is 3. The summed E-state index contributed by atoms with van der Waals surface area (Å²) < 4.78 is 10.7. The zero-order valence-electron chi connectivity index (χ0n) is 7.81. The van der Waals surface area contributed by atoms with Crippen molar-refractivity contribution < 1.29 is 4.74 Å². The highest BCUT2D eigenvalue weighted by Gasteiger charge is 2.00. The molecule has 0 aliphatic rings. The molecule has 5 heteroatoms. The molecule has 0 bridgehead atoms. The molecule has 0 amide bonds. The molecule has 78 valence electrons. The van der Waals surface area contributed by atoms with E-state index in [1.165, 1.54) is 11.5 Å². The SMILES string of the molecule is Nc1cc(COc2ccc(Br)cc2)ns1. The second-order valence-corrected chi connectivity index (χ2v) is 4.72. The van der Waals surface area contributed by atoms with E-state index < -0.39 is 0 Å². The molecular formula is C10H9BrN2OS. The number of hydrogen-bond donors (Lipinski definition) is 1. The van der Waals surface area contributed by atoms with E-state index in [4.69, 9.17) is 10.5 Å². The minimum atomic E-state index is 0.454. The van der Waals surface area contributed by atoms with Gasteiger partial charge in [0.05, 0.1) is 5.69 Å². The van der Waals surface area contributed by atoms with Crippen LogP contribution in [0, 0.1) is 0 Å². The minimum Gasteiger partial charge on any atom is -0.487 e. The fourth-order valence-corrected chi connectivity index (χ4v) is 1.87. The molecule has 0 saturated carbocycles. The fraction of sp³-hybridized carbons (Fsp3) is 0.100. The van der Waals surface area contributed by atoms with E-state index in [0.29, 0.717) is 11.6 Å². The van der Waals surface area contributed by atoms with Gasteiger partial charge in [-0.1, -0.05) is 15.9 Å². The van der Waals surface area contributed by atoms with Crippen molar-refractivity contribution >= 4 is 32.5 Å². The Balaban J connectivity index is 1.96. The van der Waals surface area contributed by atoms with Crippen LogP contribution in [0.4, 0.5) is 5.00 Å². The maximum Gasteiger partial charge on any atom is 0.131 e. The number of anilines is 1. The Morgan fingerprint density at radius 1 is 1.33 bits per heavy atom. The van der Waals surface area contributed by atoms with Crippen LogP contribution in [0.2, 0.25) is 0 Å². The van der Waals surface area contributed by atoms with Crippen LogP contribution in [-0.2, 0) is 6.61 Å². The summed E-state index contributed by atoms with van der Waals surface area (Å²) >= 11 is 4.64. The zero-order chi connectivity index (χ0) is 10.7. The van der Waals surface area contributed by atoms with Gasteiger partial charge < -0.3 is 10.5 Å². The highest BCUT2D eigenvalue weighted by atomic mass is 79.9. The summed E-state index contributed by atoms with van der Waals surface area (Å²) in [5.41, 5.74) is 6.42. The van der Waals surface area contributed by atoms with Crippen molar-refractivity contribution in [1.82, 2.24) is 4.37 Å². The standard InChI is InChI=1S/C10H9BrN2OS/c11-7-1-3-9(4-2-7)14-6-8-5-10(12)15-13-8/h1-5H,6,12H2. The van der Waals surface area contributed by atoms with Gasteiger partial charge in [0.1, 0.15) is 17.4 Å². The highest BCUT2D eigenvalue weighted by molar-refractivity contribution is 9.10. The normalized spacial score (nSPS) is 10.2. The van der Waals surface area contributed by atoms with Gasteiger partial charge in [-0.2, -0.15) is 4.37 Å². The monoisotopic (exact) mass is 284 g/mol. The largest absolute Gasteiger partial charge is 0.487 e. The molecule has 0 spiro atoms. The molecule has 0 saturated heterocycles. The summed E-state index contributed by atoms with van der Waals surface area (Å²) in [6.07, 6.45) is 0. The Morgan fingerprint density at radius 3 is 2.67 bits per heavy atom. The number of nitrogen functional groups attached to an aromatic ring is 1. The molecule has 0 radical (unpaired) electrons. The van der Waals surface area contributed by atoms with Gasteiger partial charge in [0.25, 0.3) is 0 Å². The lowest BCUT2D eigenvalue weighted by molar-refractivity contribution is 0.302. The summed E-state index contributed by atoms with van der Waals surface area (Å²) in [6.45, 7) is 0.454. The maximum absolute atomic E-state index is 5.56. The molecule has 1 aromatic heterocycles. The Bertz CT molecular complexity index is 441. The number of benzene rings is 1. The third-order valence-electron chi connectivity index (χ3n) is 1.78. The van der Waals surface area contributed by atoms with E-state index in [1.54, 1.807) is 0 Å². The second kappa shape index (κ2) is 4.63. The van der Waals surface area contributed by atoms with Gasteiger partial charge in [0.2, 0.25) is 0 Å². The van der Waals surface area contributed by atoms with Gasteiger partial charge in [-0.15, -0.1) is 0 Å². The molecule has 1 heterocycles. The smallest absolute Gasteiger partial charge is 0.131 e. The van der Waals surface area contributed by atoms with Crippen molar-refractivity contribution in [3.8, 4) is 5.75 Å². The van der Waals surface area contributed by atoms with Gasteiger partial charge in [-0.3, -0.25) is 0 Å². The average Bonchev–Trinajstić information content (AvgIpc) is 2.64. The van der Waals surface area contributed by atoms with Crippen LogP contribution < -0.4 is 10.5 Å². The number of nitrogens with two attached hydrogens (primary N) is 1. The van der Waals surface area contributed by atoms with Crippen LogP contribution in [0.1, 0.15) is 5.69 Å². The van der Waals surface area contributed by atoms with E-state index in [2.05, 4.69) is 20.3 Å². The van der Waals surface area contributed by atoms with Crippen molar-refractivity contribution in [3.05, 3.63) is 40.5 Å². The molecular weight excluding hydrogens is 276 g/mol. The molecule has 2 N–H and O–H groups in total. The Hall–Kier alpha value is -1.07. The van der Waals surface area contributed by atoms with Crippen LogP contribution in [0.5, 0.6) is 5.75 Å². The maximum atomic E-state index is 5.56. The quantitative estimate of drug-likeness (QED) is 0.942. The fourth-order valence-electron chi connectivity index (χ4n) is 1.08. The number of nitrogens with zero attached hydrogens (tertiary/aromatic N) is 1. The summed E-state index contributed by atoms with van der Waals surface area (Å²) in [5.74, 6) is 0.824. The van der Waals surface area contributed by atoms with Gasteiger partial charge in [-0.25, -0.2) is 0 Å². The van der Waals surface area contributed by atoms with Crippen LogP contribution in [0.3, 0.4) is 0 Å². The summed E-state index contributed by atoms with van der Waals surface area (Å²) in [4.78, 5) is 0. The van der Waals surface area contributed by atoms with E-state index in [0.717, 1.165) is 15.9 Å². The van der Waals surface area contributed by atoms with Crippen molar-refractivity contribution in [2.75, 3.05) is 5.73 Å². The van der Waals surface area contributed by atoms with Gasteiger partial charge in [0, 0.05) is 4.47 Å². The van der Waals surface area contributed by atoms with Crippen LogP contribution >= 0.6 is 27.5 Å². The van der Waals surface area contributed by atoms with E-state index >= 15 is 0 Å². The Labute approximate surface area is 100 Å². The first-order valence-corrected chi connectivity index (χ1v) is 5.90. The molecule has 0 unspecified atom stereocenters. The van der Waals surface area contributed by atoms with Gasteiger partial charge >= 0.3 is 0 Å². The zero-order valence-corrected chi connectivity index (χ0v) is 10.2. The molecule has 1 aromatic carbocycles. The van der Waals surface area contributed by atoms with Gasteiger partial charge in [-0.05, 0) is 41.9 Å². The lowest BCUT2D eigenvalue weighted by Gasteiger charge is -2.03. The van der Waals surface area contributed by atoms with Gasteiger partial charge in [0.15, 0.2) is 0 Å². The average molecular weight is 285 g/mol. The molecule has 0 fully saturated rings. The molecule has 0 aliphatic carbocycles. The Kier molecular flexibility index (Phi) is 3.23. The predicted molar refractivity (Wildman–Crippen MR) is 65.0 cm³/mol. The topological polar surface area (TPSA) is 48.1 Å². The summed E-state index contributed by atoms with van der Waals surface area (Å²) in [7, 11) is 0. The van der Waals surface area contributed by atoms with Crippen LogP contribution in [0.25, 0.3) is 0 Å². The highest BCUT2D eigenvalue weighted by Crippen LogP contribution is 2.18. The van der Waals surface area contributed by atoms with E-state index in [9.17, 15) is 0 Å². The molecule has 0 aliphatic heterocycles. The number of hydrogen-bond acceptors (Lipinski definition) is 4. The molecule has 2 rings (SSSR count). The van der Waals surface area contributed by atoms with E-state index in [1.807, 2.05) is 30.3 Å². The van der Waals surface area contributed by atoms with Crippen molar-refractivity contribution in [2.24, 2.45) is 0 Å². The number of aromatic nitrogens is 1. The van der Waals surface area contributed by atoms with Crippen molar-refractivity contribution in [1.29, 1.82) is 0 Å². The summed E-state index contributed by atoms with van der Waals surface area (Å²) in [5, 5.41) is 0.712. The van der Waals surface area contributed by atoms with Crippen LogP contribution in [-0.4, -0.2) is 4.37 Å². The molecule has 2 aromatic rings. The molecule has 0 atom stereocenters. The third kappa shape index (κ3) is 2.94. The first kappa shape index (κ1) is 10.4. The van der Waals surface area contributed by atoms with Crippen LogP contribution in [0.15, 0.2) is 34.8 Å². The molecule has 3 nitrogen and oxygen atoms in total. The minimum absolute atomic E-state index is 0.454. The molecule has 15 heavy (non-hydrogen) atoms. The number of halogens is 1. The predicted octanol–water partition coefficient (Wildman–Crippen LogP) is 3.07. The third-order valence-corrected chi connectivity index (χ3v) is 2.96. The second-order valence-electron chi connectivity index (χ2n) is 2.96.